The molecule has 0 aliphatic heterocycles. The number of halogens is 3. The van der Waals surface area contributed by atoms with Crippen LogP contribution < -0.4 is 9.47 Å². The summed E-state index contributed by atoms with van der Waals surface area (Å²) in [5.41, 5.74) is -0.351. The summed E-state index contributed by atoms with van der Waals surface area (Å²) in [6, 6.07) is 0. The van der Waals surface area contributed by atoms with Crippen LogP contribution in [0.3, 0.4) is 0 Å². The fraction of sp³-hybridized carbons (Fsp3) is 0.455. The molecule has 0 aromatic carbocycles. The van der Waals surface area contributed by atoms with Crippen LogP contribution in [0.25, 0.3) is 0 Å². The molecule has 1 aromatic rings. The molecule has 1 N–H and O–H groups in total. The number of alkyl halides is 3. The molecule has 0 saturated carbocycles. The van der Waals surface area contributed by atoms with Gasteiger partial charge in [0.2, 0.25) is 5.75 Å². The molecule has 0 aliphatic rings. The molecule has 0 saturated heterocycles. The van der Waals surface area contributed by atoms with Crippen LogP contribution in [0.15, 0.2) is 6.20 Å². The summed E-state index contributed by atoms with van der Waals surface area (Å²) in [6.07, 6.45) is -4.71. The van der Waals surface area contributed by atoms with Crippen LogP contribution in [-0.2, 0) is 16.0 Å². The first-order valence-corrected chi connectivity index (χ1v) is 5.44. The predicted octanol–water partition coefficient (Wildman–Crippen LogP) is 1.80. The van der Waals surface area contributed by atoms with Gasteiger partial charge in [-0.05, 0) is 6.92 Å². The molecule has 0 bridgehead atoms. The minimum Gasteiger partial charge on any atom is -0.503 e. The van der Waals surface area contributed by atoms with Crippen LogP contribution in [0.2, 0.25) is 0 Å². The standard InChI is InChI=1S/C11H12F3NO5/c1-3-19-8(17)4-6-9(20-11(12,13)14)10(18-2)7(16)5-15-6/h5,16H,3-4H2,1-2H3. The molecule has 0 unspecified atom stereocenters. The Labute approximate surface area is 112 Å². The van der Waals surface area contributed by atoms with E-state index in [4.69, 9.17) is 0 Å². The Balaban J connectivity index is 3.18. The largest absolute Gasteiger partial charge is 0.573 e. The van der Waals surface area contributed by atoms with Gasteiger partial charge in [0.1, 0.15) is 0 Å². The van der Waals surface area contributed by atoms with Gasteiger partial charge in [-0.25, -0.2) is 0 Å². The lowest BCUT2D eigenvalue weighted by Gasteiger charge is -2.16. The highest BCUT2D eigenvalue weighted by Crippen LogP contribution is 2.40. The van der Waals surface area contributed by atoms with E-state index in [1.54, 1.807) is 6.92 Å². The number of pyridine rings is 1. The van der Waals surface area contributed by atoms with Gasteiger partial charge in [0.05, 0.1) is 32.0 Å². The van der Waals surface area contributed by atoms with E-state index in [1.165, 1.54) is 0 Å². The normalized spacial score (nSPS) is 11.1. The Hall–Kier alpha value is -2.19. The smallest absolute Gasteiger partial charge is 0.503 e. The summed E-state index contributed by atoms with van der Waals surface area (Å²) >= 11 is 0. The molecule has 0 spiro atoms. The summed E-state index contributed by atoms with van der Waals surface area (Å²) in [5.74, 6) is -2.84. The van der Waals surface area contributed by atoms with Crippen molar-refractivity contribution in [1.82, 2.24) is 4.98 Å². The van der Waals surface area contributed by atoms with Crippen molar-refractivity contribution in [1.29, 1.82) is 0 Å². The van der Waals surface area contributed by atoms with Crippen LogP contribution in [0.4, 0.5) is 13.2 Å². The molecule has 1 aromatic heterocycles. The summed E-state index contributed by atoms with van der Waals surface area (Å²) in [4.78, 5) is 14.8. The molecule has 0 fully saturated rings. The van der Waals surface area contributed by atoms with Crippen LogP contribution >= 0.6 is 0 Å². The highest BCUT2D eigenvalue weighted by Gasteiger charge is 2.35. The number of nitrogens with zero attached hydrogens (tertiary/aromatic N) is 1. The van der Waals surface area contributed by atoms with Crippen LogP contribution in [0.5, 0.6) is 17.2 Å². The fourth-order valence-electron chi connectivity index (χ4n) is 1.40. The fourth-order valence-corrected chi connectivity index (χ4v) is 1.40. The van der Waals surface area contributed by atoms with Gasteiger partial charge in [-0.15, -0.1) is 13.2 Å². The van der Waals surface area contributed by atoms with Crippen molar-refractivity contribution in [3.8, 4) is 17.2 Å². The van der Waals surface area contributed by atoms with Crippen molar-refractivity contribution in [3.05, 3.63) is 11.9 Å². The van der Waals surface area contributed by atoms with E-state index in [2.05, 4.69) is 19.2 Å². The first-order valence-electron chi connectivity index (χ1n) is 5.44. The molecular weight excluding hydrogens is 283 g/mol. The third-order valence-corrected chi connectivity index (χ3v) is 2.08. The zero-order valence-electron chi connectivity index (χ0n) is 10.7. The third-order valence-electron chi connectivity index (χ3n) is 2.08. The highest BCUT2D eigenvalue weighted by atomic mass is 19.4. The molecule has 6 nitrogen and oxygen atoms in total. The second-order valence-electron chi connectivity index (χ2n) is 3.48. The molecule has 112 valence electrons. The minimum absolute atomic E-state index is 0.0729. The van der Waals surface area contributed by atoms with Crippen LogP contribution in [-0.4, -0.2) is 36.1 Å². The van der Waals surface area contributed by atoms with Crippen molar-refractivity contribution < 1.29 is 37.3 Å². The van der Waals surface area contributed by atoms with Crippen molar-refractivity contribution in [3.63, 3.8) is 0 Å². The first-order chi connectivity index (χ1) is 9.28. The Morgan fingerprint density at radius 1 is 1.40 bits per heavy atom. The molecule has 1 rings (SSSR count). The zero-order chi connectivity index (χ0) is 15.3. The number of ether oxygens (including phenoxy) is 3. The molecule has 20 heavy (non-hydrogen) atoms. The summed E-state index contributed by atoms with van der Waals surface area (Å²) in [5, 5.41) is 9.40. The lowest BCUT2D eigenvalue weighted by molar-refractivity contribution is -0.275. The molecule has 9 heteroatoms. The number of carbonyl (C=O) groups is 1. The van der Waals surface area contributed by atoms with E-state index in [0.717, 1.165) is 13.3 Å². The summed E-state index contributed by atoms with van der Waals surface area (Å²) in [7, 11) is 1.05. The second kappa shape index (κ2) is 6.31. The van der Waals surface area contributed by atoms with Gasteiger partial charge in [0, 0.05) is 0 Å². The van der Waals surface area contributed by atoms with E-state index in [9.17, 15) is 23.1 Å². The molecule has 0 aliphatic carbocycles. The quantitative estimate of drug-likeness (QED) is 0.835. The van der Waals surface area contributed by atoms with Gasteiger partial charge in [-0.3, -0.25) is 9.78 Å². The van der Waals surface area contributed by atoms with Crippen molar-refractivity contribution >= 4 is 5.97 Å². The lowest BCUT2D eigenvalue weighted by atomic mass is 10.2. The monoisotopic (exact) mass is 295 g/mol. The second-order valence-corrected chi connectivity index (χ2v) is 3.48. The maximum Gasteiger partial charge on any atom is 0.573 e. The number of hydrogen-bond donors (Lipinski definition) is 1. The van der Waals surface area contributed by atoms with Gasteiger partial charge >= 0.3 is 12.3 Å². The molecular formula is C11H12F3NO5. The Bertz CT molecular complexity index is 490. The van der Waals surface area contributed by atoms with Crippen LogP contribution in [0.1, 0.15) is 12.6 Å². The Kier molecular flexibility index (Phi) is 5.00. The average molecular weight is 295 g/mol. The van der Waals surface area contributed by atoms with Gasteiger partial charge in [0.25, 0.3) is 0 Å². The third kappa shape index (κ3) is 4.18. The van der Waals surface area contributed by atoms with Gasteiger partial charge in [0.15, 0.2) is 11.5 Å². The van der Waals surface area contributed by atoms with E-state index >= 15 is 0 Å². The van der Waals surface area contributed by atoms with Crippen molar-refractivity contribution in [2.75, 3.05) is 13.7 Å². The maximum atomic E-state index is 12.4. The maximum absolute atomic E-state index is 12.4. The van der Waals surface area contributed by atoms with Gasteiger partial charge in [-0.1, -0.05) is 0 Å². The molecule has 0 amide bonds. The number of rotatable bonds is 5. The highest BCUT2D eigenvalue weighted by molar-refractivity contribution is 5.73. The van der Waals surface area contributed by atoms with E-state index in [-0.39, 0.29) is 12.3 Å². The Morgan fingerprint density at radius 3 is 2.55 bits per heavy atom. The summed E-state index contributed by atoms with van der Waals surface area (Å²) < 4.78 is 50.1. The van der Waals surface area contributed by atoms with Gasteiger partial charge in [-0.2, -0.15) is 0 Å². The minimum atomic E-state index is -5.02. The number of hydrogen-bond acceptors (Lipinski definition) is 6. The SMILES string of the molecule is CCOC(=O)Cc1ncc(O)c(OC)c1OC(F)(F)F. The van der Waals surface area contributed by atoms with E-state index in [0.29, 0.717) is 0 Å². The zero-order valence-corrected chi connectivity index (χ0v) is 10.7. The van der Waals surface area contributed by atoms with Crippen molar-refractivity contribution in [2.24, 2.45) is 0 Å². The molecule has 1 heterocycles. The Morgan fingerprint density at radius 2 is 2.05 bits per heavy atom. The van der Waals surface area contributed by atoms with E-state index < -0.39 is 36.0 Å². The number of carbonyl (C=O) groups excluding carboxylic acids is 1. The number of aromatic hydroxyl groups is 1. The lowest BCUT2D eigenvalue weighted by Crippen LogP contribution is -2.20. The molecule has 0 radical (unpaired) electrons. The number of aromatic nitrogens is 1. The summed E-state index contributed by atoms with van der Waals surface area (Å²) in [6.45, 7) is 1.62. The predicted molar refractivity (Wildman–Crippen MR) is 59.5 cm³/mol. The average Bonchev–Trinajstić information content (AvgIpc) is 2.31. The van der Waals surface area contributed by atoms with Gasteiger partial charge < -0.3 is 19.3 Å². The van der Waals surface area contributed by atoms with Crippen molar-refractivity contribution in [2.45, 2.75) is 19.7 Å². The van der Waals surface area contributed by atoms with E-state index in [1.807, 2.05) is 0 Å². The topological polar surface area (TPSA) is 77.9 Å². The molecule has 0 atom stereocenters. The van der Waals surface area contributed by atoms with Crippen LogP contribution in [0, 0.1) is 0 Å². The number of methoxy groups -OCH3 is 1. The first kappa shape index (κ1) is 15.9. The number of esters is 1.